The minimum Gasteiger partial charge on any atom is -0.323 e. The molecule has 2 rings (SSSR count). The molecule has 2 nitrogen and oxygen atoms in total. The van der Waals surface area contributed by atoms with Crippen molar-refractivity contribution in [2.75, 3.05) is 5.32 Å². The molecule has 1 amide bonds. The second-order valence-electron chi connectivity index (χ2n) is 4.30. The Morgan fingerprint density at radius 3 is 2.57 bits per heavy atom. The number of hydrogen-bond donors (Lipinski definition) is 1. The summed E-state index contributed by atoms with van der Waals surface area (Å²) in [6.45, 7) is 1.64. The highest BCUT2D eigenvalue weighted by atomic mass is 79.9. The molecule has 2 aromatic rings. The molecule has 0 aliphatic rings. The number of anilines is 1. The molecular weight excluding hydrogens is 360 g/mol. The topological polar surface area (TPSA) is 29.1 Å². The van der Waals surface area contributed by atoms with Crippen LogP contribution in [0.4, 0.5) is 14.5 Å². The quantitative estimate of drug-likeness (QED) is 0.778. The van der Waals surface area contributed by atoms with E-state index in [0.717, 1.165) is 11.8 Å². The predicted molar refractivity (Wildman–Crippen MR) is 84.4 cm³/mol. The summed E-state index contributed by atoms with van der Waals surface area (Å²) in [5.41, 5.74) is 0.101. The fourth-order valence-corrected chi connectivity index (χ4v) is 2.83. The van der Waals surface area contributed by atoms with E-state index in [4.69, 9.17) is 0 Å². The number of rotatable bonds is 4. The Morgan fingerprint density at radius 2 is 1.90 bits per heavy atom. The lowest BCUT2D eigenvalue weighted by Gasteiger charge is -2.13. The van der Waals surface area contributed by atoms with Crippen molar-refractivity contribution >= 4 is 39.3 Å². The van der Waals surface area contributed by atoms with Crippen LogP contribution < -0.4 is 5.32 Å². The standard InChI is InChI=1S/C15H12BrF2NOS/c1-9(21-14-5-3-2-4-11(14)17)15(20)19-13-7-6-10(16)8-12(13)18/h2-9H,1H3,(H,19,20)/t9-/m0/s1. The molecule has 0 saturated carbocycles. The van der Waals surface area contributed by atoms with Crippen LogP contribution in [0.5, 0.6) is 0 Å². The summed E-state index contributed by atoms with van der Waals surface area (Å²) in [4.78, 5) is 12.4. The molecule has 0 aliphatic carbocycles. The van der Waals surface area contributed by atoms with E-state index < -0.39 is 11.1 Å². The van der Waals surface area contributed by atoms with Crippen molar-refractivity contribution in [1.29, 1.82) is 0 Å². The highest BCUT2D eigenvalue weighted by molar-refractivity contribution is 9.10. The van der Waals surface area contributed by atoms with Crippen LogP contribution in [0, 0.1) is 11.6 Å². The number of thioether (sulfide) groups is 1. The number of carbonyl (C=O) groups is 1. The fraction of sp³-hybridized carbons (Fsp3) is 0.133. The number of halogens is 3. The van der Waals surface area contributed by atoms with Crippen molar-refractivity contribution in [2.45, 2.75) is 17.1 Å². The van der Waals surface area contributed by atoms with Crippen LogP contribution in [0.3, 0.4) is 0 Å². The summed E-state index contributed by atoms with van der Waals surface area (Å²) >= 11 is 4.23. The Labute approximate surface area is 134 Å². The Bertz CT molecular complexity index is 666. The first-order chi connectivity index (χ1) is 9.97. The maximum atomic E-state index is 13.7. The van der Waals surface area contributed by atoms with Gasteiger partial charge in [0.05, 0.1) is 10.9 Å². The van der Waals surface area contributed by atoms with Crippen molar-refractivity contribution < 1.29 is 13.6 Å². The first-order valence-electron chi connectivity index (χ1n) is 6.14. The average molecular weight is 372 g/mol. The zero-order valence-electron chi connectivity index (χ0n) is 11.1. The molecule has 2 aromatic carbocycles. The highest BCUT2D eigenvalue weighted by Crippen LogP contribution is 2.27. The number of benzene rings is 2. The molecule has 0 unspecified atom stereocenters. The number of hydrogen-bond acceptors (Lipinski definition) is 2. The van der Waals surface area contributed by atoms with Gasteiger partial charge in [0.15, 0.2) is 0 Å². The zero-order chi connectivity index (χ0) is 15.4. The minimum absolute atomic E-state index is 0.101. The summed E-state index contributed by atoms with van der Waals surface area (Å²) in [6.07, 6.45) is 0. The van der Waals surface area contributed by atoms with Gasteiger partial charge in [0.25, 0.3) is 0 Å². The Balaban J connectivity index is 2.04. The van der Waals surface area contributed by atoms with E-state index in [0.29, 0.717) is 9.37 Å². The Morgan fingerprint density at radius 1 is 1.19 bits per heavy atom. The number of carbonyl (C=O) groups excluding carboxylic acids is 1. The van der Waals surface area contributed by atoms with Crippen molar-refractivity contribution in [3.63, 3.8) is 0 Å². The first-order valence-corrected chi connectivity index (χ1v) is 7.81. The third kappa shape index (κ3) is 4.28. The molecule has 0 saturated heterocycles. The average Bonchev–Trinajstić information content (AvgIpc) is 2.44. The molecule has 0 aromatic heterocycles. The van der Waals surface area contributed by atoms with E-state index in [2.05, 4.69) is 21.2 Å². The molecule has 1 atom stereocenters. The van der Waals surface area contributed by atoms with Gasteiger partial charge in [-0.1, -0.05) is 28.1 Å². The first kappa shape index (κ1) is 16.0. The van der Waals surface area contributed by atoms with Gasteiger partial charge in [0.2, 0.25) is 5.91 Å². The maximum absolute atomic E-state index is 13.7. The molecule has 6 heteroatoms. The number of amides is 1. The van der Waals surface area contributed by atoms with Gasteiger partial charge in [-0.2, -0.15) is 0 Å². The SMILES string of the molecule is C[C@H](Sc1ccccc1F)C(=O)Nc1ccc(Br)cc1F. The van der Waals surface area contributed by atoms with Gasteiger partial charge in [-0.05, 0) is 37.3 Å². The monoisotopic (exact) mass is 371 g/mol. The zero-order valence-corrected chi connectivity index (χ0v) is 13.5. The van der Waals surface area contributed by atoms with E-state index in [9.17, 15) is 13.6 Å². The third-order valence-corrected chi connectivity index (χ3v) is 4.34. The van der Waals surface area contributed by atoms with Crippen molar-refractivity contribution in [3.8, 4) is 0 Å². The highest BCUT2D eigenvalue weighted by Gasteiger charge is 2.17. The van der Waals surface area contributed by atoms with Crippen molar-refractivity contribution in [2.24, 2.45) is 0 Å². The van der Waals surface area contributed by atoms with Gasteiger partial charge in [0.1, 0.15) is 11.6 Å². The molecule has 0 radical (unpaired) electrons. The maximum Gasteiger partial charge on any atom is 0.237 e. The van der Waals surface area contributed by atoms with Crippen molar-refractivity contribution in [3.05, 3.63) is 58.6 Å². The molecule has 0 fully saturated rings. The molecule has 0 spiro atoms. The van der Waals surface area contributed by atoms with Gasteiger partial charge in [-0.25, -0.2) is 8.78 Å². The second kappa shape index (κ2) is 7.04. The fourth-order valence-electron chi connectivity index (χ4n) is 1.61. The van der Waals surface area contributed by atoms with Crippen LogP contribution in [-0.2, 0) is 4.79 Å². The van der Waals surface area contributed by atoms with E-state index in [-0.39, 0.29) is 17.4 Å². The van der Waals surface area contributed by atoms with Crippen LogP contribution in [0.15, 0.2) is 51.8 Å². The molecule has 21 heavy (non-hydrogen) atoms. The second-order valence-corrected chi connectivity index (χ2v) is 6.60. The van der Waals surface area contributed by atoms with E-state index in [1.165, 1.54) is 18.2 Å². The largest absolute Gasteiger partial charge is 0.323 e. The lowest BCUT2D eigenvalue weighted by molar-refractivity contribution is -0.115. The molecule has 0 bridgehead atoms. The van der Waals surface area contributed by atoms with Crippen LogP contribution in [0.25, 0.3) is 0 Å². The van der Waals surface area contributed by atoms with Gasteiger partial charge >= 0.3 is 0 Å². The lowest BCUT2D eigenvalue weighted by Crippen LogP contribution is -2.23. The van der Waals surface area contributed by atoms with Crippen LogP contribution >= 0.6 is 27.7 Å². The van der Waals surface area contributed by atoms with Crippen LogP contribution in [0.2, 0.25) is 0 Å². The van der Waals surface area contributed by atoms with E-state index in [1.807, 2.05) is 0 Å². The molecular formula is C15H12BrF2NOS. The minimum atomic E-state index is -0.551. The summed E-state index contributed by atoms with van der Waals surface area (Å²) in [5.74, 6) is -1.29. The van der Waals surface area contributed by atoms with Gasteiger partial charge in [0, 0.05) is 9.37 Å². The molecule has 110 valence electrons. The number of nitrogens with one attached hydrogen (secondary N) is 1. The van der Waals surface area contributed by atoms with E-state index >= 15 is 0 Å². The van der Waals surface area contributed by atoms with Gasteiger partial charge in [-0.3, -0.25) is 4.79 Å². The van der Waals surface area contributed by atoms with Crippen molar-refractivity contribution in [1.82, 2.24) is 0 Å². The van der Waals surface area contributed by atoms with Crippen LogP contribution in [0.1, 0.15) is 6.92 Å². The van der Waals surface area contributed by atoms with Gasteiger partial charge in [-0.15, -0.1) is 11.8 Å². The van der Waals surface area contributed by atoms with Gasteiger partial charge < -0.3 is 5.32 Å². The van der Waals surface area contributed by atoms with E-state index in [1.54, 1.807) is 31.2 Å². The molecule has 1 N–H and O–H groups in total. The summed E-state index contributed by atoms with van der Waals surface area (Å²) in [7, 11) is 0. The van der Waals surface area contributed by atoms with Crippen LogP contribution in [-0.4, -0.2) is 11.2 Å². The molecule has 0 aliphatic heterocycles. The normalized spacial score (nSPS) is 12.0. The summed E-state index contributed by atoms with van der Waals surface area (Å²) in [6, 6.07) is 10.6. The smallest absolute Gasteiger partial charge is 0.237 e. The lowest BCUT2D eigenvalue weighted by atomic mass is 10.3. The predicted octanol–water partition coefficient (Wildman–Crippen LogP) is 4.85. The Hall–Kier alpha value is -1.40. The third-order valence-electron chi connectivity index (χ3n) is 2.70. The summed E-state index contributed by atoms with van der Waals surface area (Å²) in [5, 5.41) is 1.95. The molecule has 0 heterocycles. The Kier molecular flexibility index (Phi) is 5.36. The summed E-state index contributed by atoms with van der Waals surface area (Å²) < 4.78 is 27.8.